The third-order valence-corrected chi connectivity index (χ3v) is 6.45. The van der Waals surface area contributed by atoms with E-state index in [1.807, 2.05) is 29.2 Å². The van der Waals surface area contributed by atoms with Crippen molar-refractivity contribution in [3.8, 4) is 5.75 Å². The number of likely N-dealkylation sites (tertiary alicyclic amines) is 1. The monoisotopic (exact) mass is 462 g/mol. The molecule has 1 aliphatic heterocycles. The predicted molar refractivity (Wildman–Crippen MR) is 133 cm³/mol. The fourth-order valence-electron chi connectivity index (χ4n) is 4.50. The summed E-state index contributed by atoms with van der Waals surface area (Å²) in [5.41, 5.74) is 2.60. The van der Waals surface area contributed by atoms with Crippen LogP contribution in [-0.2, 0) is 17.8 Å². The van der Waals surface area contributed by atoms with Crippen LogP contribution < -0.4 is 10.1 Å². The molecular weight excluding hydrogens is 428 g/mol. The summed E-state index contributed by atoms with van der Waals surface area (Å²) >= 11 is 0. The lowest BCUT2D eigenvalue weighted by Gasteiger charge is -2.27. The van der Waals surface area contributed by atoms with Gasteiger partial charge in [-0.15, -0.1) is 0 Å². The lowest BCUT2D eigenvalue weighted by Crippen LogP contribution is -2.38. The molecule has 4 rings (SSSR count). The van der Waals surface area contributed by atoms with Crippen molar-refractivity contribution >= 4 is 22.8 Å². The van der Waals surface area contributed by atoms with Gasteiger partial charge in [0.15, 0.2) is 0 Å². The van der Waals surface area contributed by atoms with Crippen molar-refractivity contribution < 1.29 is 14.3 Å². The molecule has 0 spiro atoms. The minimum atomic E-state index is -0.0688. The van der Waals surface area contributed by atoms with Crippen LogP contribution in [0.1, 0.15) is 54.7 Å². The number of nitrogens with zero attached hydrogens (tertiary/aromatic N) is 3. The molecule has 180 valence electrons. The van der Waals surface area contributed by atoms with E-state index < -0.39 is 0 Å². The number of para-hydroxylation sites is 2. The second-order valence-electron chi connectivity index (χ2n) is 8.84. The Hall–Kier alpha value is -3.35. The average Bonchev–Trinajstić information content (AvgIpc) is 3.23. The minimum Gasteiger partial charge on any atom is -0.497 e. The third kappa shape index (κ3) is 5.95. The minimum absolute atomic E-state index is 0.0688. The molecule has 34 heavy (non-hydrogen) atoms. The van der Waals surface area contributed by atoms with Gasteiger partial charge in [-0.3, -0.25) is 9.59 Å². The summed E-state index contributed by atoms with van der Waals surface area (Å²) in [6.07, 6.45) is 7.05. The Morgan fingerprint density at radius 2 is 1.74 bits per heavy atom. The lowest BCUT2D eigenvalue weighted by molar-refractivity contribution is -0.132. The number of ether oxygens (including phenoxy) is 1. The molecule has 2 amide bonds. The summed E-state index contributed by atoms with van der Waals surface area (Å²) in [6.45, 7) is 2.72. The second kappa shape index (κ2) is 11.7. The number of piperidine rings is 1. The van der Waals surface area contributed by atoms with Crippen LogP contribution in [0.15, 0.2) is 48.5 Å². The van der Waals surface area contributed by atoms with Crippen molar-refractivity contribution in [2.45, 2.75) is 51.5 Å². The number of nitrogens with one attached hydrogen (secondary N) is 1. The van der Waals surface area contributed by atoms with E-state index in [0.717, 1.165) is 74.2 Å². The van der Waals surface area contributed by atoms with E-state index >= 15 is 0 Å². The number of rotatable bonds is 10. The van der Waals surface area contributed by atoms with E-state index in [0.29, 0.717) is 18.7 Å². The topological polar surface area (TPSA) is 76.5 Å². The van der Waals surface area contributed by atoms with Crippen LogP contribution in [0.5, 0.6) is 5.75 Å². The molecule has 0 radical (unpaired) electrons. The number of unbranched alkanes of at least 4 members (excludes halogenated alkanes) is 2. The van der Waals surface area contributed by atoms with Gasteiger partial charge in [-0.2, -0.15) is 0 Å². The molecule has 7 nitrogen and oxygen atoms in total. The quantitative estimate of drug-likeness (QED) is 0.458. The van der Waals surface area contributed by atoms with Crippen LogP contribution in [0.25, 0.3) is 11.0 Å². The first-order valence-corrected chi connectivity index (χ1v) is 12.3. The fraction of sp³-hybridized carbons (Fsp3) is 0.444. The number of aromatic nitrogens is 2. The molecule has 2 heterocycles. The van der Waals surface area contributed by atoms with Gasteiger partial charge in [0.05, 0.1) is 18.1 Å². The molecule has 7 heteroatoms. The van der Waals surface area contributed by atoms with Crippen LogP contribution >= 0.6 is 0 Å². The van der Waals surface area contributed by atoms with Gasteiger partial charge in [-0.25, -0.2) is 4.98 Å². The Kier molecular flexibility index (Phi) is 8.17. The molecule has 0 atom stereocenters. The van der Waals surface area contributed by atoms with E-state index in [4.69, 9.17) is 9.72 Å². The van der Waals surface area contributed by atoms with Crippen molar-refractivity contribution in [1.82, 2.24) is 19.8 Å². The number of fused-ring (bicyclic) bond motifs is 1. The Morgan fingerprint density at radius 3 is 2.50 bits per heavy atom. The molecule has 1 aromatic heterocycles. The molecule has 1 fully saturated rings. The maximum Gasteiger partial charge on any atom is 0.251 e. The predicted octanol–water partition coefficient (Wildman–Crippen LogP) is 4.20. The van der Waals surface area contributed by atoms with E-state index in [2.05, 4.69) is 9.88 Å². The number of benzene rings is 2. The number of hydrogen-bond acceptors (Lipinski definition) is 4. The first-order chi connectivity index (χ1) is 16.7. The highest BCUT2D eigenvalue weighted by Crippen LogP contribution is 2.19. The van der Waals surface area contributed by atoms with Gasteiger partial charge in [0.25, 0.3) is 5.91 Å². The summed E-state index contributed by atoms with van der Waals surface area (Å²) in [7, 11) is 1.61. The maximum absolute atomic E-state index is 12.9. The number of aryl methyl sites for hydroxylation is 1. The van der Waals surface area contributed by atoms with Crippen molar-refractivity contribution in [2.75, 3.05) is 26.7 Å². The van der Waals surface area contributed by atoms with Gasteiger partial charge in [0.2, 0.25) is 5.91 Å². The zero-order valence-electron chi connectivity index (χ0n) is 20.0. The Morgan fingerprint density at radius 1 is 0.971 bits per heavy atom. The Labute approximate surface area is 201 Å². The summed E-state index contributed by atoms with van der Waals surface area (Å²) < 4.78 is 7.23. The number of methoxy groups -OCH3 is 1. The highest BCUT2D eigenvalue weighted by Gasteiger charge is 2.19. The van der Waals surface area contributed by atoms with Gasteiger partial charge in [0.1, 0.15) is 18.1 Å². The van der Waals surface area contributed by atoms with Crippen LogP contribution in [0.4, 0.5) is 0 Å². The molecule has 1 N–H and O–H groups in total. The number of carbonyl (C=O) groups excluding carboxylic acids is 2. The summed E-state index contributed by atoms with van der Waals surface area (Å²) in [6, 6.07) is 15.2. The second-order valence-corrected chi connectivity index (χ2v) is 8.84. The number of carbonyl (C=O) groups is 2. The smallest absolute Gasteiger partial charge is 0.251 e. The largest absolute Gasteiger partial charge is 0.497 e. The standard InChI is InChI=1S/C27H34N4O3/c1-34-22-15-13-21(14-16-22)27(33)28-17-7-2-4-12-25-29-23-10-5-6-11-24(23)31(25)20-26(32)30-18-8-3-9-19-30/h5-6,10-11,13-16H,2-4,7-9,12,17-20H2,1H3,(H,28,33). The number of imidazole rings is 1. The summed E-state index contributed by atoms with van der Waals surface area (Å²) in [4.78, 5) is 32.0. The SMILES string of the molecule is COc1ccc(C(=O)NCCCCCc2nc3ccccc3n2CC(=O)N2CCCCC2)cc1. The zero-order valence-corrected chi connectivity index (χ0v) is 20.0. The average molecular weight is 463 g/mol. The first kappa shape index (κ1) is 23.8. The molecule has 0 bridgehead atoms. The van der Waals surface area contributed by atoms with E-state index in [9.17, 15) is 9.59 Å². The van der Waals surface area contributed by atoms with Crippen molar-refractivity contribution in [3.05, 3.63) is 59.9 Å². The lowest BCUT2D eigenvalue weighted by atomic mass is 10.1. The highest BCUT2D eigenvalue weighted by atomic mass is 16.5. The molecule has 0 saturated carbocycles. The fourth-order valence-corrected chi connectivity index (χ4v) is 4.50. The van der Waals surface area contributed by atoms with E-state index in [-0.39, 0.29) is 11.8 Å². The maximum atomic E-state index is 12.9. The number of hydrogen-bond donors (Lipinski definition) is 1. The van der Waals surface area contributed by atoms with Crippen molar-refractivity contribution in [2.24, 2.45) is 0 Å². The van der Waals surface area contributed by atoms with E-state index in [1.165, 1.54) is 6.42 Å². The Bertz CT molecular complexity index is 1100. The molecule has 2 aromatic carbocycles. The molecule has 0 aliphatic carbocycles. The van der Waals surface area contributed by atoms with Gasteiger partial charge in [-0.05, 0) is 68.5 Å². The van der Waals surface area contributed by atoms with Crippen molar-refractivity contribution in [1.29, 1.82) is 0 Å². The molecular formula is C27H34N4O3. The van der Waals surface area contributed by atoms with Crippen LogP contribution in [-0.4, -0.2) is 53.0 Å². The van der Waals surface area contributed by atoms with Gasteiger partial charge in [0, 0.05) is 31.6 Å². The molecule has 0 unspecified atom stereocenters. The number of amides is 2. The first-order valence-electron chi connectivity index (χ1n) is 12.3. The van der Waals surface area contributed by atoms with Crippen molar-refractivity contribution in [3.63, 3.8) is 0 Å². The van der Waals surface area contributed by atoms with E-state index in [1.54, 1.807) is 31.4 Å². The molecule has 1 saturated heterocycles. The Balaban J connectivity index is 1.27. The normalized spacial score (nSPS) is 13.7. The van der Waals surface area contributed by atoms with Crippen LogP contribution in [0.3, 0.4) is 0 Å². The van der Waals surface area contributed by atoms with Crippen LogP contribution in [0, 0.1) is 0 Å². The zero-order chi connectivity index (χ0) is 23.8. The molecule has 3 aromatic rings. The summed E-state index contributed by atoms with van der Waals surface area (Å²) in [5.74, 6) is 1.82. The summed E-state index contributed by atoms with van der Waals surface area (Å²) in [5, 5.41) is 2.98. The van der Waals surface area contributed by atoms with Gasteiger partial charge in [-0.1, -0.05) is 18.6 Å². The third-order valence-electron chi connectivity index (χ3n) is 6.45. The molecule has 1 aliphatic rings. The van der Waals surface area contributed by atoms with Crippen LogP contribution in [0.2, 0.25) is 0 Å². The van der Waals surface area contributed by atoms with Gasteiger partial charge < -0.3 is 19.5 Å². The highest BCUT2D eigenvalue weighted by molar-refractivity contribution is 5.94. The van der Waals surface area contributed by atoms with Gasteiger partial charge >= 0.3 is 0 Å².